The summed E-state index contributed by atoms with van der Waals surface area (Å²) in [5.41, 5.74) is 0. The number of hydrogen-bond acceptors (Lipinski definition) is 4. The number of rotatable bonds is 8. The number of carbonyl (C=O) groups is 1. The molecule has 1 aliphatic heterocycles. The number of piperidine rings is 1. The number of aliphatic hydroxyl groups is 1. The Morgan fingerprint density at radius 3 is 2.59 bits per heavy atom. The van der Waals surface area contributed by atoms with Gasteiger partial charge in [-0.1, -0.05) is 19.3 Å². The Labute approximate surface area is 134 Å². The van der Waals surface area contributed by atoms with Gasteiger partial charge in [0.15, 0.2) is 0 Å². The number of carboxylic acids is 1. The lowest BCUT2D eigenvalue weighted by molar-refractivity contribution is -0.138. The van der Waals surface area contributed by atoms with Crippen LogP contribution in [0.2, 0.25) is 0 Å². The second kappa shape index (κ2) is 9.48. The first-order valence-corrected chi connectivity index (χ1v) is 8.95. The minimum absolute atomic E-state index is 0.136. The molecule has 2 rings (SSSR count). The molecule has 2 aliphatic rings. The predicted octanol–water partition coefficient (Wildman–Crippen LogP) is 1.70. The Kier molecular flexibility index (Phi) is 7.63. The average Bonchev–Trinajstić information content (AvgIpc) is 2.51. The summed E-state index contributed by atoms with van der Waals surface area (Å²) >= 11 is 0. The summed E-state index contributed by atoms with van der Waals surface area (Å²) in [5.74, 6) is 0.567. The molecule has 0 aromatic rings. The van der Waals surface area contributed by atoms with Crippen molar-refractivity contribution in [3.05, 3.63) is 0 Å². The molecule has 0 radical (unpaired) electrons. The van der Waals surface area contributed by atoms with Crippen molar-refractivity contribution in [3.63, 3.8) is 0 Å². The molecule has 0 amide bonds. The quantitative estimate of drug-likeness (QED) is 0.636. The van der Waals surface area contributed by atoms with E-state index in [9.17, 15) is 4.79 Å². The number of nitrogens with zero attached hydrogens (tertiary/aromatic N) is 1. The lowest BCUT2D eigenvalue weighted by atomic mass is 9.87. The summed E-state index contributed by atoms with van der Waals surface area (Å²) in [5, 5.41) is 21.8. The molecule has 1 aliphatic carbocycles. The third-order valence-corrected chi connectivity index (χ3v) is 5.16. The molecule has 2 unspecified atom stereocenters. The molecule has 0 spiro atoms. The zero-order chi connectivity index (χ0) is 15.8. The maximum absolute atomic E-state index is 11.0. The average molecular weight is 312 g/mol. The van der Waals surface area contributed by atoms with Crippen molar-refractivity contribution in [1.29, 1.82) is 0 Å². The summed E-state index contributed by atoms with van der Waals surface area (Å²) in [6, 6.07) is 0.402. The highest BCUT2D eigenvalue weighted by Gasteiger charge is 2.28. The van der Waals surface area contributed by atoms with E-state index in [1.54, 1.807) is 0 Å². The van der Waals surface area contributed by atoms with E-state index >= 15 is 0 Å². The Balaban J connectivity index is 1.80. The summed E-state index contributed by atoms with van der Waals surface area (Å²) < 4.78 is 0. The molecule has 5 nitrogen and oxygen atoms in total. The summed E-state index contributed by atoms with van der Waals surface area (Å²) in [6.07, 6.45) is 9.72. The Hall–Kier alpha value is -0.650. The maximum Gasteiger partial charge on any atom is 0.317 e. The topological polar surface area (TPSA) is 72.8 Å². The van der Waals surface area contributed by atoms with Crippen molar-refractivity contribution < 1.29 is 15.0 Å². The largest absolute Gasteiger partial charge is 0.480 e. The molecule has 0 bridgehead atoms. The van der Waals surface area contributed by atoms with Crippen molar-refractivity contribution >= 4 is 5.97 Å². The molecule has 1 heterocycles. The van der Waals surface area contributed by atoms with Gasteiger partial charge in [-0.3, -0.25) is 9.69 Å². The molecule has 0 aromatic carbocycles. The number of hydrogen-bond donors (Lipinski definition) is 3. The molecule has 0 aromatic heterocycles. The molecular weight excluding hydrogens is 280 g/mol. The van der Waals surface area contributed by atoms with E-state index in [1.807, 2.05) is 0 Å². The van der Waals surface area contributed by atoms with E-state index in [0.29, 0.717) is 12.0 Å². The van der Waals surface area contributed by atoms with Crippen LogP contribution in [-0.2, 0) is 4.79 Å². The van der Waals surface area contributed by atoms with Crippen LogP contribution < -0.4 is 5.32 Å². The third-order valence-electron chi connectivity index (χ3n) is 5.16. The first-order valence-electron chi connectivity index (χ1n) is 8.95. The van der Waals surface area contributed by atoms with Crippen LogP contribution in [0, 0.1) is 11.8 Å². The van der Waals surface area contributed by atoms with Crippen molar-refractivity contribution in [1.82, 2.24) is 10.2 Å². The van der Waals surface area contributed by atoms with E-state index in [4.69, 9.17) is 10.2 Å². The summed E-state index contributed by atoms with van der Waals surface area (Å²) in [4.78, 5) is 13.1. The van der Waals surface area contributed by atoms with E-state index in [1.165, 1.54) is 32.1 Å². The van der Waals surface area contributed by atoms with Gasteiger partial charge in [0.25, 0.3) is 0 Å². The SMILES string of the molecule is O=C(O)CN1CC(CCCO)CC(NCC2CCCCC2)C1. The highest BCUT2D eigenvalue weighted by molar-refractivity contribution is 5.69. The lowest BCUT2D eigenvalue weighted by Crippen LogP contribution is -2.51. The fourth-order valence-corrected chi connectivity index (χ4v) is 4.08. The van der Waals surface area contributed by atoms with Gasteiger partial charge < -0.3 is 15.5 Å². The number of likely N-dealkylation sites (tertiary alicyclic amines) is 1. The normalized spacial score (nSPS) is 27.9. The molecule has 1 saturated heterocycles. The number of nitrogens with one attached hydrogen (secondary N) is 1. The van der Waals surface area contributed by atoms with Gasteiger partial charge in [0.1, 0.15) is 0 Å². The molecule has 2 fully saturated rings. The molecule has 2 atom stereocenters. The van der Waals surface area contributed by atoms with Crippen LogP contribution in [0.3, 0.4) is 0 Å². The van der Waals surface area contributed by atoms with Crippen molar-refractivity contribution in [2.45, 2.75) is 57.4 Å². The van der Waals surface area contributed by atoms with E-state index in [2.05, 4.69) is 10.2 Å². The highest BCUT2D eigenvalue weighted by atomic mass is 16.4. The monoisotopic (exact) mass is 312 g/mol. The number of aliphatic hydroxyl groups excluding tert-OH is 1. The van der Waals surface area contributed by atoms with Gasteiger partial charge in [0.2, 0.25) is 0 Å². The van der Waals surface area contributed by atoms with Crippen LogP contribution in [0.25, 0.3) is 0 Å². The minimum Gasteiger partial charge on any atom is -0.480 e. The Bertz CT molecular complexity index is 332. The minimum atomic E-state index is -0.742. The molecular formula is C17H32N2O3. The van der Waals surface area contributed by atoms with Crippen LogP contribution in [0.4, 0.5) is 0 Å². The molecule has 3 N–H and O–H groups in total. The summed E-state index contributed by atoms with van der Waals surface area (Å²) in [6.45, 7) is 3.15. The fraction of sp³-hybridized carbons (Fsp3) is 0.941. The van der Waals surface area contributed by atoms with Gasteiger partial charge in [-0.05, 0) is 50.5 Å². The van der Waals surface area contributed by atoms with E-state index in [-0.39, 0.29) is 13.2 Å². The molecule has 22 heavy (non-hydrogen) atoms. The Morgan fingerprint density at radius 2 is 1.91 bits per heavy atom. The van der Waals surface area contributed by atoms with Crippen molar-refractivity contribution in [2.75, 3.05) is 32.8 Å². The third kappa shape index (κ3) is 6.23. The van der Waals surface area contributed by atoms with Gasteiger partial charge in [-0.2, -0.15) is 0 Å². The maximum atomic E-state index is 11.0. The van der Waals surface area contributed by atoms with E-state index in [0.717, 1.165) is 44.8 Å². The van der Waals surface area contributed by atoms with Crippen LogP contribution in [0.15, 0.2) is 0 Å². The summed E-state index contributed by atoms with van der Waals surface area (Å²) in [7, 11) is 0. The predicted molar refractivity (Wildman–Crippen MR) is 86.9 cm³/mol. The van der Waals surface area contributed by atoms with Crippen LogP contribution in [0.1, 0.15) is 51.4 Å². The van der Waals surface area contributed by atoms with Crippen LogP contribution >= 0.6 is 0 Å². The van der Waals surface area contributed by atoms with Gasteiger partial charge in [-0.15, -0.1) is 0 Å². The first-order chi connectivity index (χ1) is 10.7. The van der Waals surface area contributed by atoms with Gasteiger partial charge in [-0.25, -0.2) is 0 Å². The van der Waals surface area contributed by atoms with Gasteiger partial charge in [0.05, 0.1) is 6.54 Å². The number of carboxylic acid groups (broad SMARTS) is 1. The first kappa shape index (κ1) is 17.7. The number of aliphatic carboxylic acids is 1. The lowest BCUT2D eigenvalue weighted by Gasteiger charge is -2.38. The second-order valence-corrected chi connectivity index (χ2v) is 7.16. The zero-order valence-corrected chi connectivity index (χ0v) is 13.7. The van der Waals surface area contributed by atoms with Gasteiger partial charge >= 0.3 is 5.97 Å². The highest BCUT2D eigenvalue weighted by Crippen LogP contribution is 2.25. The molecule has 5 heteroatoms. The second-order valence-electron chi connectivity index (χ2n) is 7.16. The van der Waals surface area contributed by atoms with E-state index < -0.39 is 5.97 Å². The zero-order valence-electron chi connectivity index (χ0n) is 13.7. The smallest absolute Gasteiger partial charge is 0.317 e. The Morgan fingerprint density at radius 1 is 1.14 bits per heavy atom. The van der Waals surface area contributed by atoms with Crippen LogP contribution in [0.5, 0.6) is 0 Å². The standard InChI is InChI=1S/C17H32N2O3/c20-8-4-7-15-9-16(12-19(11-15)13-17(21)22)18-10-14-5-2-1-3-6-14/h14-16,18,20H,1-13H2,(H,21,22). The molecule has 1 saturated carbocycles. The van der Waals surface area contributed by atoms with Gasteiger partial charge in [0, 0.05) is 25.7 Å². The van der Waals surface area contributed by atoms with Crippen LogP contribution in [-0.4, -0.2) is 59.9 Å². The fourth-order valence-electron chi connectivity index (χ4n) is 4.08. The molecule has 128 valence electrons. The van der Waals surface area contributed by atoms with Crippen molar-refractivity contribution in [3.8, 4) is 0 Å². The van der Waals surface area contributed by atoms with Crippen molar-refractivity contribution in [2.24, 2.45) is 11.8 Å².